The van der Waals surface area contributed by atoms with Crippen LogP contribution >= 0.6 is 0 Å². The van der Waals surface area contributed by atoms with Gasteiger partial charge in [-0.05, 0) is 37.5 Å². The van der Waals surface area contributed by atoms with Crippen molar-refractivity contribution in [3.63, 3.8) is 0 Å². The zero-order valence-corrected chi connectivity index (χ0v) is 11.1. The summed E-state index contributed by atoms with van der Waals surface area (Å²) >= 11 is 0. The van der Waals surface area contributed by atoms with Gasteiger partial charge in [0, 0.05) is 5.92 Å². The van der Waals surface area contributed by atoms with Gasteiger partial charge < -0.3 is 0 Å². The monoisotopic (exact) mass is 241 g/mol. The van der Waals surface area contributed by atoms with Gasteiger partial charge in [-0.25, -0.2) is 0 Å². The molecule has 3 rings (SSSR count). The Bertz CT molecular complexity index is 415. The second-order valence-electron chi connectivity index (χ2n) is 5.95. The summed E-state index contributed by atoms with van der Waals surface area (Å²) in [6, 6.07) is 1.34. The highest BCUT2D eigenvalue weighted by Gasteiger charge is 2.38. The molecular weight excluding hydrogens is 218 g/mol. The topological polar surface area (TPSA) is 3.01 Å². The van der Waals surface area contributed by atoms with Gasteiger partial charge in [0.05, 0.1) is 12.9 Å². The smallest absolute Gasteiger partial charge is 0.106 e. The van der Waals surface area contributed by atoms with E-state index in [4.69, 9.17) is 0 Å². The molecule has 2 aliphatic carbocycles. The van der Waals surface area contributed by atoms with Crippen LogP contribution in [0.5, 0.6) is 0 Å². The van der Waals surface area contributed by atoms with E-state index < -0.39 is 0 Å². The summed E-state index contributed by atoms with van der Waals surface area (Å²) in [6.45, 7) is 8.57. The van der Waals surface area contributed by atoms with Gasteiger partial charge in [-0.3, -0.25) is 4.58 Å². The third-order valence-electron chi connectivity index (χ3n) is 4.99. The molecule has 1 nitrogen and oxygen atoms in total. The van der Waals surface area contributed by atoms with Crippen LogP contribution in [0, 0.1) is 23.8 Å². The van der Waals surface area contributed by atoms with Crippen molar-refractivity contribution in [2.24, 2.45) is 17.8 Å². The summed E-state index contributed by atoms with van der Waals surface area (Å²) in [7, 11) is 0. The van der Waals surface area contributed by atoms with Crippen LogP contribution in [0.3, 0.4) is 0 Å². The number of rotatable bonds is 1. The maximum atomic E-state index is 4.46. The van der Waals surface area contributed by atoms with E-state index in [1.165, 1.54) is 50.1 Å². The van der Waals surface area contributed by atoms with Crippen molar-refractivity contribution in [2.75, 3.05) is 0 Å². The number of hydrogen-bond acceptors (Lipinski definition) is 0. The Labute approximate surface area is 111 Å². The molecule has 96 valence electrons. The molecule has 3 aliphatic rings. The molecule has 3 unspecified atom stereocenters. The Morgan fingerprint density at radius 3 is 2.78 bits per heavy atom. The lowest BCUT2D eigenvalue weighted by molar-refractivity contribution is -0.434. The Hall–Kier alpha value is -1.24. The fraction of sp³-hybridized carbons (Fsp3) is 0.529. The maximum absolute atomic E-state index is 4.46. The molecule has 0 spiro atoms. The molecule has 2 fully saturated rings. The third-order valence-corrected chi connectivity index (χ3v) is 4.99. The minimum absolute atomic E-state index is 0.531. The molecule has 0 amide bonds. The van der Waals surface area contributed by atoms with Gasteiger partial charge in [0.2, 0.25) is 0 Å². The summed E-state index contributed by atoms with van der Waals surface area (Å²) in [4.78, 5) is 0. The summed E-state index contributed by atoms with van der Waals surface area (Å²) in [6.07, 6.45) is 16.7. The van der Waals surface area contributed by atoms with Gasteiger partial charge in [-0.1, -0.05) is 37.1 Å². The molecule has 1 heteroatoms. The highest BCUT2D eigenvalue weighted by molar-refractivity contribution is 5.30. The van der Waals surface area contributed by atoms with Gasteiger partial charge in [0.15, 0.2) is 0 Å². The normalized spacial score (nSPS) is 35.8. The highest BCUT2D eigenvalue weighted by atomic mass is 15.0. The van der Waals surface area contributed by atoms with Crippen LogP contribution < -0.4 is 0 Å². The Kier molecular flexibility index (Phi) is 3.15. The van der Waals surface area contributed by atoms with Gasteiger partial charge in [0.1, 0.15) is 6.04 Å². The first-order chi connectivity index (χ1) is 8.77. The van der Waals surface area contributed by atoms with E-state index in [0.29, 0.717) is 5.92 Å². The quantitative estimate of drug-likeness (QED) is 0.369. The van der Waals surface area contributed by atoms with Gasteiger partial charge >= 0.3 is 0 Å². The molecule has 0 N–H and O–H groups in total. The van der Waals surface area contributed by atoms with Gasteiger partial charge in [0.25, 0.3) is 0 Å². The zero-order valence-electron chi connectivity index (χ0n) is 11.1. The minimum Gasteiger partial charge on any atom is -0.298 e. The van der Waals surface area contributed by atoms with Crippen molar-refractivity contribution >= 4 is 6.72 Å². The second-order valence-corrected chi connectivity index (χ2v) is 5.95. The predicted molar refractivity (Wildman–Crippen MR) is 76.2 cm³/mol. The molecule has 2 saturated carbocycles. The van der Waals surface area contributed by atoms with E-state index in [1.54, 1.807) is 0 Å². The second kappa shape index (κ2) is 4.79. The molecule has 0 bridgehead atoms. The van der Waals surface area contributed by atoms with E-state index in [9.17, 15) is 0 Å². The van der Waals surface area contributed by atoms with Crippen LogP contribution in [0.1, 0.15) is 38.5 Å². The number of allylic oxidation sites excluding steroid dienone is 2. The first-order valence-corrected chi connectivity index (χ1v) is 7.27. The van der Waals surface area contributed by atoms with E-state index in [2.05, 4.69) is 31.6 Å². The molecule has 18 heavy (non-hydrogen) atoms. The molecule has 1 aliphatic heterocycles. The standard InChI is InChI=1S/C17H23N/c1-13-15-8-4-3-7-14(15)10-11-16(13)17-9-5-6-12-18(17)2/h5-6,9,12,14-16H,1-4,7-8,10-11H2. The van der Waals surface area contributed by atoms with Crippen LogP contribution in [-0.2, 0) is 0 Å². The summed E-state index contributed by atoms with van der Waals surface area (Å²) in [5.74, 6) is 2.23. The number of hydrogen-bond donors (Lipinski definition) is 0. The number of fused-ring (bicyclic) bond motifs is 1. The van der Waals surface area contributed by atoms with Crippen molar-refractivity contribution in [3.05, 3.63) is 42.6 Å². The SMILES string of the molecule is C=C1C([C-]2C=CC=C[N+]2=C)CCC2CCCCC12. The molecule has 0 aromatic carbocycles. The first kappa shape index (κ1) is 11.8. The molecule has 3 atom stereocenters. The van der Waals surface area contributed by atoms with E-state index in [0.717, 1.165) is 11.8 Å². The lowest BCUT2D eigenvalue weighted by atomic mass is 9.63. The average molecular weight is 241 g/mol. The van der Waals surface area contributed by atoms with Crippen LogP contribution in [0.25, 0.3) is 0 Å². The minimum atomic E-state index is 0.531. The summed E-state index contributed by atoms with van der Waals surface area (Å²) < 4.78 is 2.03. The number of nitrogens with zero attached hydrogens (tertiary/aromatic N) is 1. The maximum Gasteiger partial charge on any atom is 0.106 e. The van der Waals surface area contributed by atoms with Crippen molar-refractivity contribution in [1.82, 2.24) is 0 Å². The fourth-order valence-electron chi connectivity index (χ4n) is 4.01. The predicted octanol–water partition coefficient (Wildman–Crippen LogP) is 4.09. The van der Waals surface area contributed by atoms with Crippen LogP contribution in [0.15, 0.2) is 36.6 Å². The van der Waals surface area contributed by atoms with Crippen LogP contribution in [-0.4, -0.2) is 11.3 Å². The average Bonchev–Trinajstić information content (AvgIpc) is 2.41. The van der Waals surface area contributed by atoms with Gasteiger partial charge in [-0.15, -0.1) is 6.08 Å². The van der Waals surface area contributed by atoms with Crippen LogP contribution in [0.2, 0.25) is 0 Å². The molecular formula is C17H23N. The van der Waals surface area contributed by atoms with E-state index in [-0.39, 0.29) is 0 Å². The van der Waals surface area contributed by atoms with Crippen molar-refractivity contribution in [1.29, 1.82) is 0 Å². The Morgan fingerprint density at radius 1 is 1.11 bits per heavy atom. The lowest BCUT2D eigenvalue weighted by Gasteiger charge is -2.43. The summed E-state index contributed by atoms with van der Waals surface area (Å²) in [5, 5.41) is 0. The molecule has 0 aromatic heterocycles. The highest BCUT2D eigenvalue weighted by Crippen LogP contribution is 2.48. The Balaban J connectivity index is 1.78. The van der Waals surface area contributed by atoms with Crippen LogP contribution in [0.4, 0.5) is 0 Å². The van der Waals surface area contributed by atoms with Crippen molar-refractivity contribution in [2.45, 2.75) is 38.5 Å². The fourth-order valence-corrected chi connectivity index (χ4v) is 4.01. The van der Waals surface area contributed by atoms with Crippen molar-refractivity contribution in [3.8, 4) is 0 Å². The van der Waals surface area contributed by atoms with E-state index >= 15 is 0 Å². The molecule has 0 saturated heterocycles. The zero-order chi connectivity index (χ0) is 12.5. The molecule has 1 heterocycles. The van der Waals surface area contributed by atoms with Crippen molar-refractivity contribution < 1.29 is 4.58 Å². The van der Waals surface area contributed by atoms with Gasteiger partial charge in [-0.2, -0.15) is 0 Å². The summed E-state index contributed by atoms with van der Waals surface area (Å²) in [5.41, 5.74) is 1.48. The first-order valence-electron chi connectivity index (χ1n) is 7.27. The van der Waals surface area contributed by atoms with E-state index in [1.807, 2.05) is 10.7 Å². The Morgan fingerprint density at radius 2 is 1.94 bits per heavy atom. The molecule has 0 radical (unpaired) electrons. The largest absolute Gasteiger partial charge is 0.298 e. The lowest BCUT2D eigenvalue weighted by Crippen LogP contribution is -2.34. The third kappa shape index (κ3) is 1.96. The molecule has 0 aromatic rings.